The van der Waals surface area contributed by atoms with E-state index in [1.54, 1.807) is 14.0 Å². The van der Waals surface area contributed by atoms with Gasteiger partial charge in [-0.25, -0.2) is 0 Å². The van der Waals surface area contributed by atoms with Crippen LogP contribution in [0.3, 0.4) is 0 Å². The molecule has 0 spiro atoms. The first kappa shape index (κ1) is 13.8. The summed E-state index contributed by atoms with van der Waals surface area (Å²) in [5.74, 6) is 1.10. The second-order valence-corrected chi connectivity index (χ2v) is 5.61. The highest BCUT2D eigenvalue weighted by Gasteiger charge is 2.20. The van der Waals surface area contributed by atoms with Crippen molar-refractivity contribution in [2.45, 2.75) is 46.5 Å². The van der Waals surface area contributed by atoms with Crippen molar-refractivity contribution in [1.29, 1.82) is 0 Å². The molecule has 0 aliphatic rings. The third kappa shape index (κ3) is 3.32. The van der Waals surface area contributed by atoms with Crippen LogP contribution in [0.25, 0.3) is 0 Å². The topological polar surface area (TPSA) is 26.3 Å². The Morgan fingerprint density at radius 2 is 1.88 bits per heavy atom. The number of hydrogen-bond donors (Lipinski definition) is 0. The van der Waals surface area contributed by atoms with Crippen molar-refractivity contribution in [2.75, 3.05) is 7.11 Å². The van der Waals surface area contributed by atoms with Crippen LogP contribution < -0.4 is 4.74 Å². The maximum absolute atomic E-state index is 11.2. The van der Waals surface area contributed by atoms with Gasteiger partial charge in [-0.15, -0.1) is 0 Å². The fourth-order valence-electron chi connectivity index (χ4n) is 1.94. The second kappa shape index (κ2) is 4.91. The lowest BCUT2D eigenvalue weighted by atomic mass is 9.84. The van der Waals surface area contributed by atoms with E-state index in [0.717, 1.165) is 22.4 Å². The molecule has 0 atom stereocenters. The highest BCUT2D eigenvalue weighted by molar-refractivity contribution is 5.78. The number of Topliss-reactive ketones (excluding diaryl/α,β-unsaturated/α-hetero) is 1. The molecule has 0 aromatic heterocycles. The normalized spacial score (nSPS) is 11.4. The van der Waals surface area contributed by atoms with Crippen LogP contribution in [0.4, 0.5) is 0 Å². The molecule has 1 aromatic rings. The first-order valence-corrected chi connectivity index (χ1v) is 5.93. The molecule has 0 bridgehead atoms. The maximum Gasteiger partial charge on any atom is 0.134 e. The summed E-state index contributed by atoms with van der Waals surface area (Å²) >= 11 is 0. The van der Waals surface area contributed by atoms with Gasteiger partial charge >= 0.3 is 0 Å². The summed E-state index contributed by atoms with van der Waals surface area (Å²) in [4.78, 5) is 11.2. The highest BCUT2D eigenvalue weighted by Crippen LogP contribution is 2.33. The third-order valence-electron chi connectivity index (χ3n) is 2.91. The number of rotatable bonds is 3. The Hall–Kier alpha value is -1.31. The fraction of sp³-hybridized carbons (Fsp3) is 0.533. The summed E-state index contributed by atoms with van der Waals surface area (Å²) in [7, 11) is 1.69. The van der Waals surface area contributed by atoms with Gasteiger partial charge in [0.15, 0.2) is 0 Å². The number of ketones is 1. The third-order valence-corrected chi connectivity index (χ3v) is 2.91. The lowest BCUT2D eigenvalue weighted by Gasteiger charge is -2.24. The second-order valence-electron chi connectivity index (χ2n) is 5.61. The number of ether oxygens (including phenoxy) is 1. The molecule has 0 saturated carbocycles. The molecule has 0 aliphatic carbocycles. The van der Waals surface area contributed by atoms with Crippen LogP contribution in [0.15, 0.2) is 12.1 Å². The molecule has 1 aromatic carbocycles. The number of hydrogen-bond acceptors (Lipinski definition) is 2. The number of methoxy groups -OCH3 is 1. The summed E-state index contributed by atoms with van der Waals surface area (Å²) in [5.41, 5.74) is 3.39. The van der Waals surface area contributed by atoms with Gasteiger partial charge in [0, 0.05) is 6.42 Å². The van der Waals surface area contributed by atoms with Crippen LogP contribution in [-0.4, -0.2) is 12.9 Å². The molecule has 0 aliphatic heterocycles. The van der Waals surface area contributed by atoms with E-state index in [2.05, 4.69) is 26.8 Å². The van der Waals surface area contributed by atoms with E-state index in [-0.39, 0.29) is 11.2 Å². The monoisotopic (exact) mass is 234 g/mol. The standard InChI is InChI=1S/C15H22O2/c1-10-7-14(17-6)13(15(3,4)5)9-12(10)8-11(2)16/h7,9H,8H2,1-6H3. The Bertz CT molecular complexity index is 425. The van der Waals surface area contributed by atoms with E-state index in [1.807, 2.05) is 13.0 Å². The molecule has 2 nitrogen and oxygen atoms in total. The minimum atomic E-state index is 0.0184. The SMILES string of the molecule is COc1cc(C)c(CC(C)=O)cc1C(C)(C)C. The summed E-state index contributed by atoms with van der Waals surface area (Å²) in [6.45, 7) is 10.1. The number of aryl methyl sites for hydroxylation is 1. The van der Waals surface area contributed by atoms with Crippen molar-refractivity contribution in [2.24, 2.45) is 0 Å². The molecule has 2 heteroatoms. The zero-order chi connectivity index (χ0) is 13.2. The quantitative estimate of drug-likeness (QED) is 0.801. The van der Waals surface area contributed by atoms with E-state index < -0.39 is 0 Å². The molecule has 0 saturated heterocycles. The zero-order valence-electron chi connectivity index (χ0n) is 11.7. The van der Waals surface area contributed by atoms with Crippen molar-refractivity contribution in [3.05, 3.63) is 28.8 Å². The van der Waals surface area contributed by atoms with Crippen LogP contribution in [0.1, 0.15) is 44.4 Å². The molecular formula is C15H22O2. The molecule has 0 fully saturated rings. The van der Waals surface area contributed by atoms with Crippen LogP contribution in [0, 0.1) is 6.92 Å². The molecule has 0 amide bonds. The molecular weight excluding hydrogens is 212 g/mol. The van der Waals surface area contributed by atoms with Gasteiger partial charge in [0.1, 0.15) is 11.5 Å². The summed E-state index contributed by atoms with van der Waals surface area (Å²) in [6.07, 6.45) is 0.499. The van der Waals surface area contributed by atoms with E-state index in [1.165, 1.54) is 0 Å². The van der Waals surface area contributed by atoms with Crippen molar-refractivity contribution in [3.8, 4) is 5.75 Å². The minimum Gasteiger partial charge on any atom is -0.496 e. The smallest absolute Gasteiger partial charge is 0.134 e. The van der Waals surface area contributed by atoms with Crippen LogP contribution in [0.2, 0.25) is 0 Å². The van der Waals surface area contributed by atoms with Gasteiger partial charge < -0.3 is 4.74 Å². The Morgan fingerprint density at radius 3 is 2.29 bits per heavy atom. The predicted molar refractivity (Wildman–Crippen MR) is 70.8 cm³/mol. The summed E-state index contributed by atoms with van der Waals surface area (Å²) < 4.78 is 5.43. The van der Waals surface area contributed by atoms with Crippen molar-refractivity contribution in [3.63, 3.8) is 0 Å². The van der Waals surface area contributed by atoms with Gasteiger partial charge in [0.05, 0.1) is 7.11 Å². The zero-order valence-corrected chi connectivity index (χ0v) is 11.7. The number of carbonyl (C=O) groups is 1. The van der Waals surface area contributed by atoms with Crippen molar-refractivity contribution < 1.29 is 9.53 Å². The average molecular weight is 234 g/mol. The van der Waals surface area contributed by atoms with Gasteiger partial charge in [-0.3, -0.25) is 4.79 Å². The van der Waals surface area contributed by atoms with E-state index in [0.29, 0.717) is 6.42 Å². The molecule has 1 rings (SSSR count). The Morgan fingerprint density at radius 1 is 1.29 bits per heavy atom. The predicted octanol–water partition coefficient (Wildman–Crippen LogP) is 3.43. The minimum absolute atomic E-state index is 0.0184. The highest BCUT2D eigenvalue weighted by atomic mass is 16.5. The largest absolute Gasteiger partial charge is 0.496 e. The lowest BCUT2D eigenvalue weighted by molar-refractivity contribution is -0.116. The summed E-state index contributed by atoms with van der Waals surface area (Å²) in [6, 6.07) is 4.13. The van der Waals surface area contributed by atoms with Crippen LogP contribution in [0.5, 0.6) is 5.75 Å². The molecule has 0 unspecified atom stereocenters. The van der Waals surface area contributed by atoms with Crippen molar-refractivity contribution >= 4 is 5.78 Å². The summed E-state index contributed by atoms with van der Waals surface area (Å²) in [5, 5.41) is 0. The van der Waals surface area contributed by atoms with Crippen LogP contribution >= 0.6 is 0 Å². The molecule has 0 heterocycles. The molecule has 94 valence electrons. The first-order chi connectivity index (χ1) is 7.75. The van der Waals surface area contributed by atoms with E-state index in [4.69, 9.17) is 4.74 Å². The van der Waals surface area contributed by atoms with Crippen LogP contribution in [-0.2, 0) is 16.6 Å². The van der Waals surface area contributed by atoms with E-state index >= 15 is 0 Å². The van der Waals surface area contributed by atoms with Crippen molar-refractivity contribution in [1.82, 2.24) is 0 Å². The number of benzene rings is 1. The Balaban J connectivity index is 3.32. The first-order valence-electron chi connectivity index (χ1n) is 5.93. The fourth-order valence-corrected chi connectivity index (χ4v) is 1.94. The van der Waals surface area contributed by atoms with Gasteiger partial charge in [0.25, 0.3) is 0 Å². The molecule has 0 N–H and O–H groups in total. The van der Waals surface area contributed by atoms with Gasteiger partial charge in [0.2, 0.25) is 0 Å². The van der Waals surface area contributed by atoms with Gasteiger partial charge in [-0.1, -0.05) is 26.8 Å². The maximum atomic E-state index is 11.2. The van der Waals surface area contributed by atoms with Gasteiger partial charge in [-0.05, 0) is 42.0 Å². The van der Waals surface area contributed by atoms with Gasteiger partial charge in [-0.2, -0.15) is 0 Å². The number of carbonyl (C=O) groups excluding carboxylic acids is 1. The lowest BCUT2D eigenvalue weighted by Crippen LogP contribution is -2.14. The Kier molecular flexibility index (Phi) is 3.97. The average Bonchev–Trinajstić information content (AvgIpc) is 2.18. The molecule has 0 radical (unpaired) electrons. The Labute approximate surface area is 104 Å². The van der Waals surface area contributed by atoms with E-state index in [9.17, 15) is 4.79 Å². The molecule has 17 heavy (non-hydrogen) atoms.